The number of aryl methyl sites for hydroxylation is 1. The maximum Gasteiger partial charge on any atom is 0.226 e. The molecular formula is C16H21N3OS. The number of carbonyl (C=O) groups is 1. The Hall–Kier alpha value is -1.72. The van der Waals surface area contributed by atoms with Crippen LogP contribution in [-0.4, -0.2) is 17.4 Å². The molecule has 0 spiro atoms. The first-order chi connectivity index (χ1) is 10.2. The molecule has 4 nitrogen and oxygen atoms in total. The molecule has 1 atom stereocenters. The minimum Gasteiger partial charge on any atom is -0.349 e. The second-order valence-electron chi connectivity index (χ2n) is 5.00. The third-order valence-corrected chi connectivity index (χ3v) is 4.17. The number of amides is 1. The summed E-state index contributed by atoms with van der Waals surface area (Å²) in [6, 6.07) is 9.95. The highest BCUT2D eigenvalue weighted by molar-refractivity contribution is 7.09. The molecule has 21 heavy (non-hydrogen) atoms. The van der Waals surface area contributed by atoms with Crippen molar-refractivity contribution in [1.82, 2.24) is 10.3 Å². The van der Waals surface area contributed by atoms with Gasteiger partial charge < -0.3 is 11.1 Å². The van der Waals surface area contributed by atoms with Crippen LogP contribution < -0.4 is 11.1 Å². The average Bonchev–Trinajstić information content (AvgIpc) is 2.93. The third kappa shape index (κ3) is 4.95. The number of hydrogen-bond acceptors (Lipinski definition) is 4. The van der Waals surface area contributed by atoms with Gasteiger partial charge >= 0.3 is 0 Å². The molecule has 112 valence electrons. The van der Waals surface area contributed by atoms with Crippen LogP contribution in [0, 0.1) is 0 Å². The van der Waals surface area contributed by atoms with E-state index in [0.29, 0.717) is 13.0 Å². The lowest BCUT2D eigenvalue weighted by Crippen LogP contribution is -2.28. The standard InChI is InChI=1S/C16H21N3OS/c1-12(13-6-3-2-4-7-13)18-15(20)10-14-11-21-16(19-14)8-5-9-17/h2-4,6-7,11-12H,5,8-10,17H2,1H3,(H,18,20). The number of hydrogen-bond donors (Lipinski definition) is 2. The van der Waals surface area contributed by atoms with Crippen molar-refractivity contribution < 1.29 is 4.79 Å². The molecule has 1 unspecified atom stereocenters. The Balaban J connectivity index is 1.85. The van der Waals surface area contributed by atoms with Gasteiger partial charge in [0.1, 0.15) is 0 Å². The fraction of sp³-hybridized carbons (Fsp3) is 0.375. The van der Waals surface area contributed by atoms with Crippen LogP contribution in [-0.2, 0) is 17.6 Å². The molecule has 2 aromatic rings. The number of nitrogens with one attached hydrogen (secondary N) is 1. The monoisotopic (exact) mass is 303 g/mol. The van der Waals surface area contributed by atoms with E-state index in [0.717, 1.165) is 29.1 Å². The van der Waals surface area contributed by atoms with Crippen LogP contribution in [0.25, 0.3) is 0 Å². The molecule has 0 fully saturated rings. The number of nitrogens with zero attached hydrogens (tertiary/aromatic N) is 1. The van der Waals surface area contributed by atoms with Crippen molar-refractivity contribution in [2.24, 2.45) is 5.73 Å². The topological polar surface area (TPSA) is 68.0 Å². The predicted molar refractivity (Wildman–Crippen MR) is 86.2 cm³/mol. The second kappa shape index (κ2) is 7.90. The van der Waals surface area contributed by atoms with Crippen molar-refractivity contribution in [3.05, 3.63) is 52.0 Å². The van der Waals surface area contributed by atoms with Crippen LogP contribution in [0.2, 0.25) is 0 Å². The molecule has 0 aliphatic heterocycles. The molecule has 1 aromatic carbocycles. The van der Waals surface area contributed by atoms with Crippen molar-refractivity contribution in [3.63, 3.8) is 0 Å². The Bertz CT molecular complexity index is 568. The van der Waals surface area contributed by atoms with Crippen LogP contribution in [0.5, 0.6) is 0 Å². The van der Waals surface area contributed by atoms with Gasteiger partial charge in [0.05, 0.1) is 23.2 Å². The van der Waals surface area contributed by atoms with Crippen molar-refractivity contribution in [2.45, 2.75) is 32.2 Å². The number of thiazole rings is 1. The van der Waals surface area contributed by atoms with E-state index in [9.17, 15) is 4.79 Å². The number of benzene rings is 1. The van der Waals surface area contributed by atoms with E-state index in [-0.39, 0.29) is 11.9 Å². The van der Waals surface area contributed by atoms with Gasteiger partial charge in [-0.05, 0) is 25.5 Å². The molecule has 5 heteroatoms. The Morgan fingerprint density at radius 2 is 2.14 bits per heavy atom. The summed E-state index contributed by atoms with van der Waals surface area (Å²) in [5.74, 6) is 0.00188. The van der Waals surface area contributed by atoms with Crippen molar-refractivity contribution in [1.29, 1.82) is 0 Å². The van der Waals surface area contributed by atoms with Crippen LogP contribution in [0.15, 0.2) is 35.7 Å². The van der Waals surface area contributed by atoms with E-state index in [1.54, 1.807) is 11.3 Å². The summed E-state index contributed by atoms with van der Waals surface area (Å²) in [4.78, 5) is 16.5. The minimum atomic E-state index is 0.00188. The summed E-state index contributed by atoms with van der Waals surface area (Å²) < 4.78 is 0. The molecule has 0 bridgehead atoms. The Labute approximate surface area is 129 Å². The SMILES string of the molecule is CC(NC(=O)Cc1csc(CCCN)n1)c1ccccc1. The minimum absolute atomic E-state index is 0.00188. The lowest BCUT2D eigenvalue weighted by atomic mass is 10.1. The number of nitrogens with two attached hydrogens (primary N) is 1. The molecule has 0 saturated carbocycles. The summed E-state index contributed by atoms with van der Waals surface area (Å²) in [6.07, 6.45) is 2.16. The predicted octanol–water partition coefficient (Wildman–Crippen LogP) is 2.45. The number of rotatable bonds is 7. The molecule has 3 N–H and O–H groups in total. The molecule has 0 aliphatic carbocycles. The van der Waals surface area contributed by atoms with E-state index < -0.39 is 0 Å². The molecule has 0 aliphatic rings. The highest BCUT2D eigenvalue weighted by Crippen LogP contribution is 2.14. The lowest BCUT2D eigenvalue weighted by molar-refractivity contribution is -0.121. The fourth-order valence-electron chi connectivity index (χ4n) is 2.08. The Morgan fingerprint density at radius 1 is 1.38 bits per heavy atom. The third-order valence-electron chi connectivity index (χ3n) is 3.21. The van der Waals surface area contributed by atoms with Gasteiger partial charge in [-0.15, -0.1) is 11.3 Å². The zero-order valence-electron chi connectivity index (χ0n) is 12.2. The summed E-state index contributed by atoms with van der Waals surface area (Å²) in [5, 5.41) is 6.01. The molecule has 1 aromatic heterocycles. The zero-order valence-corrected chi connectivity index (χ0v) is 13.0. The number of aromatic nitrogens is 1. The van der Waals surface area contributed by atoms with Crippen molar-refractivity contribution in [3.8, 4) is 0 Å². The first-order valence-corrected chi connectivity index (χ1v) is 8.04. The van der Waals surface area contributed by atoms with Crippen LogP contribution in [0.3, 0.4) is 0 Å². The van der Waals surface area contributed by atoms with Crippen LogP contribution >= 0.6 is 11.3 Å². The summed E-state index contributed by atoms with van der Waals surface area (Å²) in [5.41, 5.74) is 7.43. The maximum absolute atomic E-state index is 12.1. The van der Waals surface area contributed by atoms with E-state index in [4.69, 9.17) is 5.73 Å². The van der Waals surface area contributed by atoms with Gasteiger partial charge in [-0.1, -0.05) is 30.3 Å². The van der Waals surface area contributed by atoms with Crippen LogP contribution in [0.1, 0.15) is 35.7 Å². The Kier molecular flexibility index (Phi) is 5.90. The van der Waals surface area contributed by atoms with Gasteiger partial charge in [-0.2, -0.15) is 0 Å². The maximum atomic E-state index is 12.1. The lowest BCUT2D eigenvalue weighted by Gasteiger charge is -2.13. The molecular weight excluding hydrogens is 282 g/mol. The van der Waals surface area contributed by atoms with Crippen LogP contribution in [0.4, 0.5) is 0 Å². The van der Waals surface area contributed by atoms with Gasteiger partial charge in [0.25, 0.3) is 0 Å². The first-order valence-electron chi connectivity index (χ1n) is 7.16. The quantitative estimate of drug-likeness (QED) is 0.825. The average molecular weight is 303 g/mol. The van der Waals surface area contributed by atoms with E-state index >= 15 is 0 Å². The van der Waals surface area contributed by atoms with Crippen molar-refractivity contribution in [2.75, 3.05) is 6.54 Å². The first kappa shape index (κ1) is 15.7. The highest BCUT2D eigenvalue weighted by Gasteiger charge is 2.11. The highest BCUT2D eigenvalue weighted by atomic mass is 32.1. The van der Waals surface area contributed by atoms with Gasteiger partial charge in [-0.3, -0.25) is 4.79 Å². The fourth-order valence-corrected chi connectivity index (χ4v) is 2.92. The van der Waals surface area contributed by atoms with Crippen molar-refractivity contribution >= 4 is 17.2 Å². The van der Waals surface area contributed by atoms with E-state index in [2.05, 4.69) is 10.3 Å². The summed E-state index contributed by atoms with van der Waals surface area (Å²) in [6.45, 7) is 2.66. The van der Waals surface area contributed by atoms with E-state index in [1.165, 1.54) is 0 Å². The zero-order chi connectivity index (χ0) is 15.1. The molecule has 2 rings (SSSR count). The van der Waals surface area contributed by atoms with Gasteiger partial charge in [0, 0.05) is 11.8 Å². The smallest absolute Gasteiger partial charge is 0.226 e. The molecule has 1 heterocycles. The van der Waals surface area contributed by atoms with Gasteiger partial charge in [-0.25, -0.2) is 4.98 Å². The molecule has 0 saturated heterocycles. The number of carbonyl (C=O) groups excluding carboxylic acids is 1. The van der Waals surface area contributed by atoms with Gasteiger partial charge in [0.15, 0.2) is 0 Å². The molecule has 0 radical (unpaired) electrons. The second-order valence-corrected chi connectivity index (χ2v) is 5.94. The van der Waals surface area contributed by atoms with Gasteiger partial charge in [0.2, 0.25) is 5.91 Å². The normalized spacial score (nSPS) is 12.1. The molecule has 1 amide bonds. The van der Waals surface area contributed by atoms with E-state index in [1.807, 2.05) is 42.6 Å². The largest absolute Gasteiger partial charge is 0.349 e. The summed E-state index contributed by atoms with van der Waals surface area (Å²) >= 11 is 1.60. The Morgan fingerprint density at radius 3 is 2.86 bits per heavy atom. The summed E-state index contributed by atoms with van der Waals surface area (Å²) in [7, 11) is 0.